The maximum Gasteiger partial charge on any atom is 0.258 e. The molecule has 1 N–H and O–H groups in total. The summed E-state index contributed by atoms with van der Waals surface area (Å²) in [7, 11) is 1.60. The van der Waals surface area contributed by atoms with Crippen LogP contribution in [0.1, 0.15) is 52.1 Å². The summed E-state index contributed by atoms with van der Waals surface area (Å²) in [5, 5.41) is 2.55. The summed E-state index contributed by atoms with van der Waals surface area (Å²) in [6, 6.07) is 14.9. The molecule has 7 heteroatoms. The molecule has 1 heterocycles. The molecule has 3 aromatic rings. The van der Waals surface area contributed by atoms with Crippen LogP contribution < -0.4 is 10.1 Å². The first kappa shape index (κ1) is 23.3. The summed E-state index contributed by atoms with van der Waals surface area (Å²) in [5.41, 5.74) is 3.00. The minimum Gasteiger partial charge on any atom is -0.497 e. The van der Waals surface area contributed by atoms with Crippen LogP contribution in [0.3, 0.4) is 0 Å². The highest BCUT2D eigenvalue weighted by molar-refractivity contribution is 6.17. The first-order valence-electron chi connectivity index (χ1n) is 10.8. The fourth-order valence-electron chi connectivity index (χ4n) is 4.04. The van der Waals surface area contributed by atoms with E-state index >= 15 is 0 Å². The number of hydrogen-bond acceptors (Lipinski definition) is 4. The number of methoxy groups -OCH3 is 1. The van der Waals surface area contributed by atoms with Gasteiger partial charge in [-0.05, 0) is 74.4 Å². The average Bonchev–Trinajstić information content (AvgIpc) is 2.78. The highest BCUT2D eigenvalue weighted by atomic mass is 19.1. The monoisotopic (exact) mass is 462 g/mol. The third-order valence-electron chi connectivity index (χ3n) is 5.66. The average molecular weight is 462 g/mol. The molecule has 0 bridgehead atoms. The molecular formula is C27H24F2N2O3. The van der Waals surface area contributed by atoms with E-state index in [-0.39, 0.29) is 23.3 Å². The number of amides is 1. The lowest BCUT2D eigenvalue weighted by Crippen LogP contribution is -2.30. The van der Waals surface area contributed by atoms with Crippen LogP contribution in [0.4, 0.5) is 14.5 Å². The summed E-state index contributed by atoms with van der Waals surface area (Å²) in [6.07, 6.45) is 0.892. The highest BCUT2D eigenvalue weighted by Crippen LogP contribution is 2.31. The Morgan fingerprint density at radius 3 is 2.44 bits per heavy atom. The number of rotatable bonds is 6. The molecule has 0 radical (unpaired) electrons. The zero-order valence-electron chi connectivity index (χ0n) is 19.1. The predicted molar refractivity (Wildman–Crippen MR) is 127 cm³/mol. The van der Waals surface area contributed by atoms with Crippen molar-refractivity contribution in [1.82, 2.24) is 0 Å². The lowest BCUT2D eigenvalue weighted by Gasteiger charge is -2.29. The van der Waals surface area contributed by atoms with Gasteiger partial charge in [0.15, 0.2) is 5.78 Å². The lowest BCUT2D eigenvalue weighted by molar-refractivity contribution is 0.0998. The van der Waals surface area contributed by atoms with Gasteiger partial charge in [0.25, 0.3) is 5.91 Å². The number of carbonyl (C=O) groups excluding carboxylic acids is 2. The second-order valence-electron chi connectivity index (χ2n) is 8.83. The van der Waals surface area contributed by atoms with Gasteiger partial charge in [0.2, 0.25) is 0 Å². The first-order chi connectivity index (χ1) is 16.1. The second kappa shape index (κ2) is 9.17. The van der Waals surface area contributed by atoms with Crippen molar-refractivity contribution in [2.45, 2.75) is 32.2 Å². The lowest BCUT2D eigenvalue weighted by atomic mass is 9.85. The maximum atomic E-state index is 13.8. The van der Waals surface area contributed by atoms with Crippen molar-refractivity contribution in [2.75, 3.05) is 12.4 Å². The number of anilines is 1. The number of Topliss-reactive ketones (excluding diaryl/α,β-unsaturated/α-hetero) is 1. The molecule has 0 atom stereocenters. The Balaban J connectivity index is 1.50. The van der Waals surface area contributed by atoms with Crippen molar-refractivity contribution >= 4 is 23.1 Å². The molecule has 0 unspecified atom stereocenters. The van der Waals surface area contributed by atoms with Crippen LogP contribution in [0.25, 0.3) is 0 Å². The molecule has 1 aliphatic heterocycles. The van der Waals surface area contributed by atoms with E-state index in [1.54, 1.807) is 31.4 Å². The van der Waals surface area contributed by atoms with Gasteiger partial charge >= 0.3 is 0 Å². The second-order valence-corrected chi connectivity index (χ2v) is 8.83. The standard InChI is InChI=1S/C27H24F2N2O3/c1-27(2)15-17-6-10-20(34-3)13-22(17)24(31-27)14-25(32)16-4-8-19(9-5-16)30-26(33)21-11-7-18(28)12-23(21)29/h4-13H,14-15H2,1-3H3,(H,30,33). The highest BCUT2D eigenvalue weighted by Gasteiger charge is 2.28. The molecule has 1 aliphatic rings. The molecule has 5 nitrogen and oxygen atoms in total. The van der Waals surface area contributed by atoms with Gasteiger partial charge in [0, 0.05) is 22.9 Å². The van der Waals surface area contributed by atoms with E-state index in [9.17, 15) is 18.4 Å². The molecule has 0 saturated carbocycles. The summed E-state index contributed by atoms with van der Waals surface area (Å²) in [4.78, 5) is 30.1. The van der Waals surface area contributed by atoms with Crippen molar-refractivity contribution in [3.05, 3.63) is 94.6 Å². The molecule has 0 spiro atoms. The maximum absolute atomic E-state index is 13.8. The summed E-state index contributed by atoms with van der Waals surface area (Å²) in [5.74, 6) is -1.83. The number of benzene rings is 3. The minimum absolute atomic E-state index is 0.118. The van der Waals surface area contributed by atoms with E-state index in [1.807, 2.05) is 32.0 Å². The third-order valence-corrected chi connectivity index (χ3v) is 5.66. The molecule has 34 heavy (non-hydrogen) atoms. The predicted octanol–water partition coefficient (Wildman–Crippen LogP) is 5.62. The van der Waals surface area contributed by atoms with E-state index in [0.29, 0.717) is 28.8 Å². The van der Waals surface area contributed by atoms with Crippen LogP contribution in [0.15, 0.2) is 65.7 Å². The normalized spacial score (nSPS) is 14.1. The number of nitrogens with one attached hydrogen (secondary N) is 1. The number of fused-ring (bicyclic) bond motifs is 1. The Kier molecular flexibility index (Phi) is 6.28. The van der Waals surface area contributed by atoms with Crippen molar-refractivity contribution < 1.29 is 23.1 Å². The Morgan fingerprint density at radius 2 is 1.76 bits per heavy atom. The molecule has 0 aromatic heterocycles. The van der Waals surface area contributed by atoms with Crippen molar-refractivity contribution in [1.29, 1.82) is 0 Å². The first-order valence-corrected chi connectivity index (χ1v) is 10.8. The Labute approximate surface area is 196 Å². The minimum atomic E-state index is -0.947. The van der Waals surface area contributed by atoms with Gasteiger partial charge in [-0.3, -0.25) is 14.6 Å². The number of ether oxygens (including phenoxy) is 1. The van der Waals surface area contributed by atoms with Gasteiger partial charge in [-0.25, -0.2) is 8.78 Å². The van der Waals surface area contributed by atoms with Crippen molar-refractivity contribution in [3.8, 4) is 5.75 Å². The van der Waals surface area contributed by atoms with Crippen LogP contribution >= 0.6 is 0 Å². The third kappa shape index (κ3) is 5.03. The van der Waals surface area contributed by atoms with Crippen LogP contribution in [-0.2, 0) is 6.42 Å². The van der Waals surface area contributed by atoms with Crippen molar-refractivity contribution in [2.24, 2.45) is 4.99 Å². The van der Waals surface area contributed by atoms with Gasteiger partial charge in [-0.15, -0.1) is 0 Å². The van der Waals surface area contributed by atoms with Gasteiger partial charge < -0.3 is 10.1 Å². The molecule has 1 amide bonds. The molecule has 174 valence electrons. The van der Waals surface area contributed by atoms with E-state index in [0.717, 1.165) is 29.7 Å². The number of ketones is 1. The van der Waals surface area contributed by atoms with Gasteiger partial charge in [0.1, 0.15) is 17.4 Å². The van der Waals surface area contributed by atoms with Gasteiger partial charge in [-0.1, -0.05) is 6.07 Å². The zero-order chi connectivity index (χ0) is 24.5. The van der Waals surface area contributed by atoms with E-state index in [1.165, 1.54) is 0 Å². The molecule has 3 aromatic carbocycles. The number of hydrogen-bond donors (Lipinski definition) is 1. The topological polar surface area (TPSA) is 67.8 Å². The van der Waals surface area contributed by atoms with Crippen molar-refractivity contribution in [3.63, 3.8) is 0 Å². The fourth-order valence-corrected chi connectivity index (χ4v) is 4.04. The number of nitrogens with zero attached hydrogens (tertiary/aromatic N) is 1. The molecule has 4 rings (SSSR count). The van der Waals surface area contributed by atoms with Crippen LogP contribution in [0.2, 0.25) is 0 Å². The van der Waals surface area contributed by atoms with Gasteiger partial charge in [-0.2, -0.15) is 0 Å². The number of carbonyl (C=O) groups is 2. The smallest absolute Gasteiger partial charge is 0.258 e. The van der Waals surface area contributed by atoms with Crippen LogP contribution in [0.5, 0.6) is 5.75 Å². The zero-order valence-corrected chi connectivity index (χ0v) is 19.1. The SMILES string of the molecule is COc1ccc2c(c1)C(CC(=O)c1ccc(NC(=O)c3ccc(F)cc3F)cc1)=NC(C)(C)C2. The van der Waals surface area contributed by atoms with Crippen LogP contribution in [0, 0.1) is 11.6 Å². The summed E-state index contributed by atoms with van der Waals surface area (Å²) < 4.78 is 32.3. The van der Waals surface area contributed by atoms with E-state index in [4.69, 9.17) is 9.73 Å². The molecule has 0 fully saturated rings. The largest absolute Gasteiger partial charge is 0.497 e. The van der Waals surface area contributed by atoms with Crippen LogP contribution in [-0.4, -0.2) is 30.1 Å². The summed E-state index contributed by atoms with van der Waals surface area (Å²) >= 11 is 0. The quantitative estimate of drug-likeness (QED) is 0.484. The van der Waals surface area contributed by atoms with Gasteiger partial charge in [0.05, 0.1) is 30.3 Å². The molecular weight excluding hydrogens is 438 g/mol. The molecule has 0 saturated heterocycles. The number of aliphatic imine (C=N–C) groups is 1. The molecule has 0 aliphatic carbocycles. The number of halogens is 2. The Bertz CT molecular complexity index is 1300. The summed E-state index contributed by atoms with van der Waals surface area (Å²) in [6.45, 7) is 4.07. The van der Waals surface area contributed by atoms with E-state index < -0.39 is 17.5 Å². The fraction of sp³-hybridized carbons (Fsp3) is 0.222. The Hall–Kier alpha value is -3.87. The van der Waals surface area contributed by atoms with E-state index in [2.05, 4.69) is 5.32 Å². The Morgan fingerprint density at radius 1 is 1.03 bits per heavy atom.